The summed E-state index contributed by atoms with van der Waals surface area (Å²) in [6, 6.07) is 6.18. The summed E-state index contributed by atoms with van der Waals surface area (Å²) in [5, 5.41) is 0.361. The molecule has 0 radical (unpaired) electrons. The second-order valence-corrected chi connectivity index (χ2v) is 5.83. The molecular formula is C20H18O5. The van der Waals surface area contributed by atoms with E-state index in [1.807, 2.05) is 12.2 Å². The quantitative estimate of drug-likeness (QED) is 0.479. The molecule has 0 spiro atoms. The van der Waals surface area contributed by atoms with E-state index in [4.69, 9.17) is 13.9 Å². The molecule has 0 fully saturated rings. The average molecular weight is 338 g/mol. The fourth-order valence-corrected chi connectivity index (χ4v) is 2.54. The summed E-state index contributed by atoms with van der Waals surface area (Å²) in [5.74, 6) is 1.19. The van der Waals surface area contributed by atoms with Crippen LogP contribution in [0.25, 0.3) is 16.5 Å². The van der Waals surface area contributed by atoms with Gasteiger partial charge >= 0.3 is 5.97 Å². The lowest BCUT2D eigenvalue weighted by molar-refractivity contribution is -0.130. The lowest BCUT2D eigenvalue weighted by Crippen LogP contribution is -2.09. The smallest absolute Gasteiger partial charge is 0.338 e. The Morgan fingerprint density at radius 3 is 2.64 bits per heavy atom. The number of esters is 1. The van der Waals surface area contributed by atoms with Crippen LogP contribution >= 0.6 is 0 Å². The first kappa shape index (κ1) is 16.8. The zero-order chi connectivity index (χ0) is 18.0. The summed E-state index contributed by atoms with van der Waals surface area (Å²) in [6.07, 6.45) is 5.28. The second kappa shape index (κ2) is 6.81. The van der Waals surface area contributed by atoms with Gasteiger partial charge in [0.15, 0.2) is 5.43 Å². The molecule has 0 N–H and O–H groups in total. The molecule has 128 valence electrons. The highest BCUT2D eigenvalue weighted by Crippen LogP contribution is 2.28. The van der Waals surface area contributed by atoms with Crippen LogP contribution in [0.1, 0.15) is 25.5 Å². The van der Waals surface area contributed by atoms with E-state index in [2.05, 4.69) is 6.58 Å². The van der Waals surface area contributed by atoms with Crippen molar-refractivity contribution < 1.29 is 18.7 Å². The Balaban J connectivity index is 1.97. The van der Waals surface area contributed by atoms with Crippen molar-refractivity contribution in [1.29, 1.82) is 0 Å². The van der Waals surface area contributed by atoms with E-state index in [-0.39, 0.29) is 16.8 Å². The van der Waals surface area contributed by atoms with Gasteiger partial charge in [-0.15, -0.1) is 0 Å². The van der Waals surface area contributed by atoms with Crippen molar-refractivity contribution in [3.63, 3.8) is 0 Å². The molecule has 2 aromatic rings. The summed E-state index contributed by atoms with van der Waals surface area (Å²) in [4.78, 5) is 24.0. The van der Waals surface area contributed by atoms with Crippen molar-refractivity contribution in [2.75, 3.05) is 7.11 Å². The van der Waals surface area contributed by atoms with Gasteiger partial charge in [0.25, 0.3) is 0 Å². The third-order valence-electron chi connectivity index (χ3n) is 3.95. The number of fused-ring (bicyclic) bond motifs is 1. The van der Waals surface area contributed by atoms with E-state index in [9.17, 15) is 9.59 Å². The Bertz CT molecular complexity index is 975. The second-order valence-electron chi connectivity index (χ2n) is 5.83. The van der Waals surface area contributed by atoms with Gasteiger partial charge in [0.05, 0.1) is 18.3 Å². The Morgan fingerprint density at radius 1 is 1.20 bits per heavy atom. The van der Waals surface area contributed by atoms with Gasteiger partial charge in [-0.1, -0.05) is 12.7 Å². The summed E-state index contributed by atoms with van der Waals surface area (Å²) in [7, 11) is 1.64. The summed E-state index contributed by atoms with van der Waals surface area (Å²) in [6.45, 7) is 5.09. The fraction of sp³-hybridized carbons (Fsp3) is 0.200. The Morgan fingerprint density at radius 2 is 2.00 bits per heavy atom. The van der Waals surface area contributed by atoms with Gasteiger partial charge in [0.1, 0.15) is 17.1 Å². The molecule has 0 saturated heterocycles. The minimum absolute atomic E-state index is 0.188. The fourth-order valence-electron chi connectivity index (χ4n) is 2.54. The number of hydrogen-bond acceptors (Lipinski definition) is 5. The van der Waals surface area contributed by atoms with Gasteiger partial charge < -0.3 is 13.9 Å². The van der Waals surface area contributed by atoms with Gasteiger partial charge in [-0.25, -0.2) is 4.79 Å². The molecule has 1 aliphatic carbocycles. The molecule has 1 aromatic carbocycles. The van der Waals surface area contributed by atoms with Gasteiger partial charge in [-0.05, 0) is 43.2 Å². The zero-order valence-electron chi connectivity index (χ0n) is 14.1. The van der Waals surface area contributed by atoms with E-state index in [1.54, 1.807) is 26.2 Å². The number of hydrogen-bond donors (Lipinski definition) is 0. The highest BCUT2D eigenvalue weighted by atomic mass is 16.5. The molecule has 0 unspecified atom stereocenters. The molecule has 1 heterocycles. The van der Waals surface area contributed by atoms with Crippen LogP contribution in [0.15, 0.2) is 63.5 Å². The van der Waals surface area contributed by atoms with Gasteiger partial charge in [-0.3, -0.25) is 4.79 Å². The minimum Gasteiger partial charge on any atom is -0.501 e. The molecule has 5 nitrogen and oxygen atoms in total. The first-order valence-corrected chi connectivity index (χ1v) is 7.87. The van der Waals surface area contributed by atoms with Crippen LogP contribution < -0.4 is 10.2 Å². The average Bonchev–Trinajstić information content (AvgIpc) is 2.62. The van der Waals surface area contributed by atoms with Crippen LogP contribution in [-0.2, 0) is 9.53 Å². The number of rotatable bonds is 4. The number of carbonyl (C=O) groups excluding carboxylic acids is 1. The standard InChI is InChI=1S/C20H18O5/c1-12(2)20(22)24-15-8-9-18-16(10-15)17(21)11-19(25-18)13-4-6-14(23-3)7-5-13/h4,6,8-11H,1,5,7H2,2-3H3. The van der Waals surface area contributed by atoms with Crippen molar-refractivity contribution >= 4 is 22.5 Å². The maximum absolute atomic E-state index is 12.4. The van der Waals surface area contributed by atoms with Crippen molar-refractivity contribution in [3.05, 3.63) is 70.3 Å². The summed E-state index contributed by atoms with van der Waals surface area (Å²) < 4.78 is 16.2. The Hall–Kier alpha value is -3.08. The molecule has 5 heteroatoms. The number of carbonyl (C=O) groups is 1. The molecule has 0 saturated carbocycles. The molecule has 0 aliphatic heterocycles. The van der Waals surface area contributed by atoms with Gasteiger partial charge in [0, 0.05) is 18.1 Å². The van der Waals surface area contributed by atoms with Gasteiger partial charge in [-0.2, -0.15) is 0 Å². The molecule has 0 amide bonds. The monoisotopic (exact) mass is 338 g/mol. The highest BCUT2D eigenvalue weighted by molar-refractivity contribution is 5.89. The zero-order valence-corrected chi connectivity index (χ0v) is 14.1. The SMILES string of the molecule is C=C(C)C(=O)Oc1ccc2oc(C3=CC=C(OC)CC3)cc(=O)c2c1. The molecule has 0 atom stereocenters. The van der Waals surface area contributed by atoms with E-state index in [0.717, 1.165) is 24.2 Å². The van der Waals surface area contributed by atoms with Crippen LogP contribution in [0.4, 0.5) is 0 Å². The Kier molecular flexibility index (Phi) is 4.57. The molecule has 25 heavy (non-hydrogen) atoms. The lowest BCUT2D eigenvalue weighted by atomic mass is 10.0. The van der Waals surface area contributed by atoms with E-state index in [0.29, 0.717) is 16.7 Å². The van der Waals surface area contributed by atoms with E-state index < -0.39 is 5.97 Å². The van der Waals surface area contributed by atoms with Crippen molar-refractivity contribution in [2.24, 2.45) is 0 Å². The van der Waals surface area contributed by atoms with Crippen LogP contribution in [0.3, 0.4) is 0 Å². The van der Waals surface area contributed by atoms with Crippen LogP contribution in [-0.4, -0.2) is 13.1 Å². The van der Waals surface area contributed by atoms with Crippen LogP contribution in [0.5, 0.6) is 5.75 Å². The van der Waals surface area contributed by atoms with Crippen LogP contribution in [0, 0.1) is 0 Å². The summed E-state index contributed by atoms with van der Waals surface area (Å²) in [5.41, 5.74) is 1.49. The number of allylic oxidation sites excluding steroid dienone is 4. The molecule has 0 bridgehead atoms. The lowest BCUT2D eigenvalue weighted by Gasteiger charge is -2.13. The predicted octanol–water partition coefficient (Wildman–Crippen LogP) is 3.98. The Labute approximate surface area is 144 Å². The largest absolute Gasteiger partial charge is 0.501 e. The summed E-state index contributed by atoms with van der Waals surface area (Å²) >= 11 is 0. The molecule has 3 rings (SSSR count). The third-order valence-corrected chi connectivity index (χ3v) is 3.95. The third kappa shape index (κ3) is 3.55. The molecular weight excluding hydrogens is 320 g/mol. The molecule has 1 aromatic heterocycles. The van der Waals surface area contributed by atoms with Crippen molar-refractivity contribution in [3.8, 4) is 5.75 Å². The number of methoxy groups -OCH3 is 1. The minimum atomic E-state index is -0.534. The normalized spacial score (nSPS) is 13.8. The van der Waals surface area contributed by atoms with Gasteiger partial charge in [0.2, 0.25) is 0 Å². The molecule has 1 aliphatic rings. The number of ether oxygens (including phenoxy) is 2. The van der Waals surface area contributed by atoms with E-state index >= 15 is 0 Å². The van der Waals surface area contributed by atoms with Crippen molar-refractivity contribution in [1.82, 2.24) is 0 Å². The first-order chi connectivity index (χ1) is 12.0. The maximum atomic E-state index is 12.4. The van der Waals surface area contributed by atoms with Crippen molar-refractivity contribution in [2.45, 2.75) is 19.8 Å². The van der Waals surface area contributed by atoms with E-state index in [1.165, 1.54) is 12.1 Å². The predicted molar refractivity (Wildman–Crippen MR) is 95.2 cm³/mol. The first-order valence-electron chi connectivity index (χ1n) is 7.87. The number of benzene rings is 1. The topological polar surface area (TPSA) is 65.7 Å². The maximum Gasteiger partial charge on any atom is 0.338 e. The highest BCUT2D eigenvalue weighted by Gasteiger charge is 2.14. The van der Waals surface area contributed by atoms with Crippen LogP contribution in [0.2, 0.25) is 0 Å².